The monoisotopic (exact) mass is 394 g/mol. The van der Waals surface area contributed by atoms with Crippen LogP contribution in [0, 0.1) is 0 Å². The minimum absolute atomic E-state index is 0.0547. The van der Waals surface area contributed by atoms with Crippen molar-refractivity contribution >= 4 is 39.3 Å². The molecule has 2 aromatic rings. The number of amides is 2. The van der Waals surface area contributed by atoms with E-state index >= 15 is 0 Å². The number of carbonyl (C=O) groups is 2. The van der Waals surface area contributed by atoms with Crippen molar-refractivity contribution in [1.82, 2.24) is 10.6 Å². The van der Waals surface area contributed by atoms with Gasteiger partial charge in [-0.25, -0.2) is 0 Å². The second kappa shape index (κ2) is 8.70. The molecule has 0 fully saturated rings. The fraction of sp³-hybridized carbons (Fsp3) is 0.176. The molecule has 2 rings (SSSR count). The van der Waals surface area contributed by atoms with Gasteiger partial charge >= 0.3 is 0 Å². The summed E-state index contributed by atoms with van der Waals surface area (Å²) in [5, 5.41) is 6.03. The van der Waals surface area contributed by atoms with Crippen molar-refractivity contribution in [2.75, 3.05) is 13.1 Å². The van der Waals surface area contributed by atoms with Crippen molar-refractivity contribution in [3.63, 3.8) is 0 Å². The second-order valence-electron chi connectivity index (χ2n) is 4.92. The summed E-state index contributed by atoms with van der Waals surface area (Å²) >= 11 is 9.21. The van der Waals surface area contributed by atoms with Crippen molar-refractivity contribution < 1.29 is 9.59 Å². The molecule has 120 valence electrons. The SMILES string of the molecule is O=C(CNC(=O)c1cccc(Br)c1)NCCc1cccc(Cl)c1. The molecule has 0 unspecified atom stereocenters. The van der Waals surface area contributed by atoms with Crippen LogP contribution in [0.25, 0.3) is 0 Å². The summed E-state index contributed by atoms with van der Waals surface area (Å²) in [4.78, 5) is 23.6. The van der Waals surface area contributed by atoms with Crippen molar-refractivity contribution in [2.24, 2.45) is 0 Å². The van der Waals surface area contributed by atoms with Crippen LogP contribution in [0.3, 0.4) is 0 Å². The van der Waals surface area contributed by atoms with E-state index in [9.17, 15) is 9.59 Å². The summed E-state index contributed by atoms with van der Waals surface area (Å²) in [6.45, 7) is 0.437. The van der Waals surface area contributed by atoms with Crippen molar-refractivity contribution in [3.8, 4) is 0 Å². The van der Waals surface area contributed by atoms with E-state index < -0.39 is 0 Å². The Morgan fingerprint density at radius 3 is 2.57 bits per heavy atom. The van der Waals surface area contributed by atoms with E-state index in [1.54, 1.807) is 24.3 Å². The largest absolute Gasteiger partial charge is 0.354 e. The Balaban J connectivity index is 1.72. The van der Waals surface area contributed by atoms with Crippen LogP contribution < -0.4 is 10.6 Å². The molecule has 2 aromatic carbocycles. The standard InChI is InChI=1S/C17H16BrClN2O2/c18-14-5-2-4-13(10-14)17(23)21-11-16(22)20-8-7-12-3-1-6-15(19)9-12/h1-6,9-10H,7-8,11H2,(H,20,22)(H,21,23). The number of rotatable bonds is 6. The van der Waals surface area contributed by atoms with Crippen LogP contribution >= 0.6 is 27.5 Å². The fourth-order valence-electron chi connectivity index (χ4n) is 1.99. The van der Waals surface area contributed by atoms with Gasteiger partial charge in [0.2, 0.25) is 5.91 Å². The third-order valence-corrected chi connectivity index (χ3v) is 3.85. The van der Waals surface area contributed by atoms with E-state index in [0.717, 1.165) is 10.0 Å². The third kappa shape index (κ3) is 6.04. The Hall–Kier alpha value is -1.85. The number of carbonyl (C=O) groups excluding carboxylic acids is 2. The van der Waals surface area contributed by atoms with Gasteiger partial charge in [-0.3, -0.25) is 9.59 Å². The molecule has 0 aliphatic carbocycles. The van der Waals surface area contributed by atoms with E-state index in [1.165, 1.54) is 0 Å². The van der Waals surface area contributed by atoms with Gasteiger partial charge in [-0.2, -0.15) is 0 Å². The summed E-state index contributed by atoms with van der Waals surface area (Å²) in [5.41, 5.74) is 1.56. The molecule has 0 aliphatic rings. The smallest absolute Gasteiger partial charge is 0.251 e. The summed E-state index contributed by atoms with van der Waals surface area (Å²) in [6.07, 6.45) is 0.686. The summed E-state index contributed by atoms with van der Waals surface area (Å²) < 4.78 is 0.816. The molecule has 0 spiro atoms. The van der Waals surface area contributed by atoms with E-state index in [1.807, 2.05) is 24.3 Å². The van der Waals surface area contributed by atoms with E-state index in [4.69, 9.17) is 11.6 Å². The molecule has 0 saturated carbocycles. The first kappa shape index (κ1) is 17.5. The van der Waals surface area contributed by atoms with Gasteiger partial charge in [0.1, 0.15) is 0 Å². The molecule has 0 radical (unpaired) electrons. The van der Waals surface area contributed by atoms with Gasteiger partial charge in [-0.05, 0) is 42.3 Å². The first-order valence-corrected chi connectivity index (χ1v) is 8.26. The van der Waals surface area contributed by atoms with E-state index in [2.05, 4.69) is 26.6 Å². The van der Waals surface area contributed by atoms with Crippen molar-refractivity contribution in [3.05, 3.63) is 69.2 Å². The fourth-order valence-corrected chi connectivity index (χ4v) is 2.61. The van der Waals surface area contributed by atoms with Crippen LogP contribution in [0.1, 0.15) is 15.9 Å². The van der Waals surface area contributed by atoms with Crippen LogP contribution in [0.4, 0.5) is 0 Å². The Morgan fingerprint density at radius 1 is 1.04 bits per heavy atom. The maximum absolute atomic E-state index is 11.9. The maximum Gasteiger partial charge on any atom is 0.251 e. The quantitative estimate of drug-likeness (QED) is 0.789. The molecule has 2 amide bonds. The number of hydrogen-bond acceptors (Lipinski definition) is 2. The Labute approximate surface area is 148 Å². The molecule has 6 heteroatoms. The van der Waals surface area contributed by atoms with Gasteiger partial charge in [0.05, 0.1) is 6.54 Å². The van der Waals surface area contributed by atoms with Crippen LogP contribution in [0.2, 0.25) is 5.02 Å². The highest BCUT2D eigenvalue weighted by molar-refractivity contribution is 9.10. The summed E-state index contributed by atoms with van der Waals surface area (Å²) in [6, 6.07) is 14.5. The lowest BCUT2D eigenvalue weighted by Crippen LogP contribution is -2.37. The van der Waals surface area contributed by atoms with Gasteiger partial charge in [0, 0.05) is 21.6 Å². The van der Waals surface area contributed by atoms with Gasteiger partial charge in [0.25, 0.3) is 5.91 Å². The molecule has 0 atom stereocenters. The lowest BCUT2D eigenvalue weighted by atomic mass is 10.1. The van der Waals surface area contributed by atoms with Crippen LogP contribution in [-0.2, 0) is 11.2 Å². The van der Waals surface area contributed by atoms with Crippen LogP contribution in [-0.4, -0.2) is 24.9 Å². The number of hydrogen-bond donors (Lipinski definition) is 2. The summed E-state index contributed by atoms with van der Waals surface area (Å²) in [7, 11) is 0. The van der Waals surface area contributed by atoms with Gasteiger partial charge in [0.15, 0.2) is 0 Å². The molecular formula is C17H16BrClN2O2. The maximum atomic E-state index is 11.9. The predicted molar refractivity (Wildman–Crippen MR) is 94.6 cm³/mol. The average Bonchev–Trinajstić information content (AvgIpc) is 2.52. The zero-order valence-corrected chi connectivity index (χ0v) is 14.7. The topological polar surface area (TPSA) is 58.2 Å². The van der Waals surface area contributed by atoms with Crippen molar-refractivity contribution in [1.29, 1.82) is 0 Å². The third-order valence-electron chi connectivity index (χ3n) is 3.12. The van der Waals surface area contributed by atoms with Gasteiger partial charge in [-0.1, -0.05) is 45.7 Å². The molecule has 0 saturated heterocycles. The highest BCUT2D eigenvalue weighted by Crippen LogP contribution is 2.11. The van der Waals surface area contributed by atoms with Crippen molar-refractivity contribution in [2.45, 2.75) is 6.42 Å². The number of nitrogens with one attached hydrogen (secondary N) is 2. The lowest BCUT2D eigenvalue weighted by Gasteiger charge is -2.07. The molecule has 0 bridgehead atoms. The first-order valence-electron chi connectivity index (χ1n) is 7.09. The molecule has 0 heterocycles. The van der Waals surface area contributed by atoms with Crippen LogP contribution in [0.5, 0.6) is 0 Å². The predicted octanol–water partition coefficient (Wildman–Crippen LogP) is 3.19. The Morgan fingerprint density at radius 2 is 1.83 bits per heavy atom. The number of benzene rings is 2. The zero-order valence-electron chi connectivity index (χ0n) is 12.3. The normalized spacial score (nSPS) is 10.2. The van der Waals surface area contributed by atoms with Gasteiger partial charge in [-0.15, -0.1) is 0 Å². The lowest BCUT2D eigenvalue weighted by molar-refractivity contribution is -0.120. The minimum Gasteiger partial charge on any atom is -0.354 e. The molecule has 2 N–H and O–H groups in total. The molecule has 4 nitrogen and oxygen atoms in total. The van der Waals surface area contributed by atoms with Gasteiger partial charge < -0.3 is 10.6 Å². The molecule has 0 aromatic heterocycles. The minimum atomic E-state index is -0.281. The highest BCUT2D eigenvalue weighted by atomic mass is 79.9. The van der Waals surface area contributed by atoms with E-state index in [-0.39, 0.29) is 18.4 Å². The van der Waals surface area contributed by atoms with E-state index in [0.29, 0.717) is 23.6 Å². The summed E-state index contributed by atoms with van der Waals surface area (Å²) in [5.74, 6) is -0.508. The molecular weight excluding hydrogens is 380 g/mol. The Kier molecular flexibility index (Phi) is 6.62. The average molecular weight is 396 g/mol. The van der Waals surface area contributed by atoms with Crippen LogP contribution in [0.15, 0.2) is 53.0 Å². The molecule has 0 aliphatic heterocycles. The molecule has 23 heavy (non-hydrogen) atoms. The zero-order chi connectivity index (χ0) is 16.7. The number of halogens is 2. The first-order chi connectivity index (χ1) is 11.0. The highest BCUT2D eigenvalue weighted by Gasteiger charge is 2.08. The second-order valence-corrected chi connectivity index (χ2v) is 6.28. The Bertz CT molecular complexity index is 706.